The van der Waals surface area contributed by atoms with Gasteiger partial charge in [0.1, 0.15) is 46.2 Å². The zero-order valence-corrected chi connectivity index (χ0v) is 58.6. The number of benzene rings is 10. The van der Waals surface area contributed by atoms with Gasteiger partial charge in [-0.1, -0.05) is 196 Å². The van der Waals surface area contributed by atoms with Crippen LogP contribution in [0.25, 0.3) is 66.5 Å². The number of carbonyl (C=O) groups is 5. The van der Waals surface area contributed by atoms with Crippen molar-refractivity contribution < 1.29 is 38.6 Å². The Morgan fingerprint density at radius 2 is 0.821 bits per heavy atom. The maximum absolute atomic E-state index is 14.3. The average molecular weight is 1460 g/mol. The third kappa shape index (κ3) is 11.8. The van der Waals surface area contributed by atoms with Gasteiger partial charge < -0.3 is 23.5 Å². The van der Waals surface area contributed by atoms with E-state index in [2.05, 4.69) is 21.1 Å². The van der Waals surface area contributed by atoms with Crippen LogP contribution in [0.3, 0.4) is 0 Å². The molecule has 1 N–H and O–H groups in total. The number of carbonyl (C=O) groups excluding carboxylic acids is 5. The molecule has 2 aliphatic heterocycles. The second-order valence-corrected chi connectivity index (χ2v) is 26.8. The lowest BCUT2D eigenvalue weighted by atomic mass is 9.50. The molecule has 508 valence electrons. The number of halogens is 4. The molecule has 24 heteroatoms. The molecule has 16 rings (SSSR count). The van der Waals surface area contributed by atoms with Crippen LogP contribution in [-0.2, 0) is 0 Å². The molecule has 10 aromatic carbocycles. The topological polar surface area (TPSA) is 240 Å². The molecule has 4 amide bonds. The highest BCUT2D eigenvalue weighted by molar-refractivity contribution is 6.85. The highest BCUT2D eigenvalue weighted by atomic mass is 35.5. The Morgan fingerprint density at radius 1 is 0.453 bits per heavy atom. The van der Waals surface area contributed by atoms with Crippen LogP contribution in [0.5, 0.6) is 11.5 Å². The number of ether oxygens (including phenoxy) is 2. The van der Waals surface area contributed by atoms with Crippen molar-refractivity contribution in [1.82, 2.24) is 38.7 Å². The number of esters is 1. The summed E-state index contributed by atoms with van der Waals surface area (Å²) in [5.74, 6) is -2.61. The molecule has 14 aromatic rings. The molecule has 0 saturated heterocycles. The van der Waals surface area contributed by atoms with Gasteiger partial charge in [-0.05, 0) is 114 Å². The van der Waals surface area contributed by atoms with Crippen molar-refractivity contribution in [2.45, 2.75) is 6.29 Å². The van der Waals surface area contributed by atoms with Gasteiger partial charge in [0.15, 0.2) is 0 Å². The van der Waals surface area contributed by atoms with Gasteiger partial charge in [0.05, 0.1) is 93.1 Å². The number of hydrogen-bond donors (Lipinski definition) is 1. The van der Waals surface area contributed by atoms with Gasteiger partial charge in [-0.25, -0.2) is 14.8 Å². The van der Waals surface area contributed by atoms with Crippen LogP contribution < -0.4 is 42.0 Å². The standard InChI is InChI=1S/C82H48B2Cl4N10O8/c1-95-77(99)55-33-27-47(35-57(55)79(95)101)81(103)105-53-29-23-45(24-30-53)73-71-72(76(60(42-90)70-44-92-66-38-62(86)64(88)40-68(66)94-70)97(73)83(49-15-7-3-8-16-49)50-17-9-4-10-18-50)74(46-25-31-54(32-26-46)106-82(104)48-28-34-56-58(36-48)80(102)96(2)78(56)100)98(84(51-19-11-5-12-20-51)52-21-13-6-14-22-52)75(71)59(41-89)69-43-91-65-37-61(85)63(87)39-67(65)93-69/h3-40,43-44,81,103H,1-2H3/b75-59-,76-60-. The first-order valence-corrected chi connectivity index (χ1v) is 34.5. The van der Waals surface area contributed by atoms with Gasteiger partial charge in [0, 0.05) is 41.8 Å². The summed E-state index contributed by atoms with van der Waals surface area (Å²) in [6.45, 7) is -1.73. The second kappa shape index (κ2) is 27.4. The Labute approximate surface area is 624 Å². The molecule has 1 atom stereocenters. The number of aliphatic hydroxyl groups is 1. The minimum atomic E-state index is -1.64. The van der Waals surface area contributed by atoms with E-state index in [9.17, 15) is 39.6 Å². The van der Waals surface area contributed by atoms with Gasteiger partial charge in [-0.15, -0.1) is 0 Å². The van der Waals surface area contributed by atoms with E-state index in [0.717, 1.165) is 31.7 Å². The minimum Gasteiger partial charge on any atom is -0.461 e. The molecular formula is C82H48B2Cl4N10O8. The fraction of sp³-hybridized carbons (Fsp3) is 0.0366. The summed E-state index contributed by atoms with van der Waals surface area (Å²) in [5, 5.41) is 39.2. The lowest BCUT2D eigenvalue weighted by Gasteiger charge is -2.24. The zero-order chi connectivity index (χ0) is 73.3. The van der Waals surface area contributed by atoms with Crippen molar-refractivity contribution in [3.05, 3.63) is 318 Å². The Hall–Kier alpha value is -12.8. The molecule has 1 unspecified atom stereocenters. The summed E-state index contributed by atoms with van der Waals surface area (Å²) in [6.07, 6.45) is 1.36. The van der Waals surface area contributed by atoms with Gasteiger partial charge in [0.2, 0.25) is 6.29 Å². The predicted molar refractivity (Wildman–Crippen MR) is 408 cm³/mol. The first-order chi connectivity index (χ1) is 51.5. The third-order valence-electron chi connectivity index (χ3n) is 19.0. The van der Waals surface area contributed by atoms with Crippen molar-refractivity contribution in [1.29, 1.82) is 10.5 Å². The minimum absolute atomic E-state index is 0.0000939. The Balaban J connectivity index is 1.08. The van der Waals surface area contributed by atoms with Gasteiger partial charge in [-0.3, -0.25) is 38.9 Å². The van der Waals surface area contributed by atoms with E-state index < -0.39 is 49.6 Å². The van der Waals surface area contributed by atoms with Crippen LogP contribution in [-0.4, -0.2) is 101 Å². The van der Waals surface area contributed by atoms with Gasteiger partial charge in [-0.2, -0.15) is 10.5 Å². The van der Waals surface area contributed by atoms with E-state index in [-0.39, 0.29) is 98.2 Å². The average Bonchev–Trinajstić information content (AvgIpc) is 1.52. The quantitative estimate of drug-likeness (QED) is 0.0330. The van der Waals surface area contributed by atoms with Crippen LogP contribution in [0.1, 0.15) is 75.0 Å². The number of nitriles is 2. The first kappa shape index (κ1) is 67.7. The Bertz CT molecular complexity index is 6110. The van der Waals surface area contributed by atoms with Crippen LogP contribution in [0.4, 0.5) is 0 Å². The summed E-state index contributed by atoms with van der Waals surface area (Å²) >= 11 is 26.8. The number of fused-ring (bicyclic) bond motifs is 5. The molecule has 0 spiro atoms. The third-order valence-corrected chi connectivity index (χ3v) is 20.4. The number of hydrogen-bond acceptors (Lipinski definition) is 14. The first-order valence-electron chi connectivity index (χ1n) is 33.0. The monoisotopic (exact) mass is 1460 g/mol. The second-order valence-electron chi connectivity index (χ2n) is 25.1. The smallest absolute Gasteiger partial charge is 0.343 e. The Kier molecular flexibility index (Phi) is 17.5. The highest BCUT2D eigenvalue weighted by Gasteiger charge is 2.39. The Morgan fingerprint density at radius 3 is 1.23 bits per heavy atom. The summed E-state index contributed by atoms with van der Waals surface area (Å²) in [7, 11) is 2.75. The fourth-order valence-electron chi connectivity index (χ4n) is 14.0. The number of imide groups is 2. The summed E-state index contributed by atoms with van der Waals surface area (Å²) in [5.41, 5.74) is 7.12. The molecule has 2 aliphatic rings. The van der Waals surface area contributed by atoms with E-state index in [4.69, 9.17) is 75.8 Å². The van der Waals surface area contributed by atoms with Crippen molar-refractivity contribution >= 4 is 156 Å². The molecule has 0 fully saturated rings. The SMILES string of the molecule is CN1C(=O)c2ccc(C(=O)Oc3ccc(-c4c5/c(=C(\C#N)c6cnc7cc(Cl)c(Cl)cc7n6)n(B(c6ccccc6)c6ccccc6)c(-c6ccc(OC(O)c7ccc8c(c7)C(=O)N(C)C8=O)cc6)c5/c(=C(\C#N)c5cnc6cc(Cl)c(Cl)cc6n5)n4B(c4ccccc4)c4ccccc4)cc3)cc2C1=O. The maximum atomic E-state index is 14.3. The molecule has 4 aromatic heterocycles. The van der Waals surface area contributed by atoms with E-state index >= 15 is 0 Å². The fourth-order valence-corrected chi connectivity index (χ4v) is 14.6. The van der Waals surface area contributed by atoms with Gasteiger partial charge >= 0.3 is 19.7 Å². The summed E-state index contributed by atoms with van der Waals surface area (Å²) < 4.78 is 16.6. The zero-order valence-electron chi connectivity index (χ0n) is 55.6. The number of aliphatic hydroxyl groups excluding tert-OH is 1. The largest absolute Gasteiger partial charge is 0.461 e. The lowest BCUT2D eigenvalue weighted by Crippen LogP contribution is -2.54. The molecule has 6 heterocycles. The molecule has 0 radical (unpaired) electrons. The van der Waals surface area contributed by atoms with Gasteiger partial charge in [0.25, 0.3) is 23.6 Å². The van der Waals surface area contributed by atoms with E-state index in [1.54, 1.807) is 72.8 Å². The number of nitrogens with zero attached hydrogens (tertiary/aromatic N) is 10. The number of aromatic nitrogens is 6. The summed E-state index contributed by atoms with van der Waals surface area (Å²) in [4.78, 5) is 88.8. The van der Waals surface area contributed by atoms with Crippen LogP contribution in [0.2, 0.25) is 20.1 Å². The van der Waals surface area contributed by atoms with Crippen molar-refractivity contribution in [3.63, 3.8) is 0 Å². The van der Waals surface area contributed by atoms with E-state index in [0.29, 0.717) is 55.4 Å². The molecule has 106 heavy (non-hydrogen) atoms. The lowest BCUT2D eigenvalue weighted by molar-refractivity contribution is -0.0194. The molecule has 0 saturated carbocycles. The molecular weight excluding hydrogens is 1420 g/mol. The number of amides is 4. The van der Waals surface area contributed by atoms with Crippen molar-refractivity contribution in [2.75, 3.05) is 14.1 Å². The predicted octanol–water partition coefficient (Wildman–Crippen LogP) is 11.8. The van der Waals surface area contributed by atoms with Crippen LogP contribution >= 0.6 is 46.4 Å². The van der Waals surface area contributed by atoms with Crippen molar-refractivity contribution in [3.8, 4) is 46.2 Å². The van der Waals surface area contributed by atoms with E-state index in [1.165, 1.54) is 62.9 Å². The molecule has 0 aliphatic carbocycles. The summed E-state index contributed by atoms with van der Waals surface area (Å²) in [6, 6.07) is 72.8. The van der Waals surface area contributed by atoms with Crippen LogP contribution in [0, 0.1) is 22.7 Å². The highest BCUT2D eigenvalue weighted by Crippen LogP contribution is 2.39. The molecule has 18 nitrogen and oxygen atoms in total. The van der Waals surface area contributed by atoms with E-state index in [1.807, 2.05) is 121 Å². The molecule has 0 bridgehead atoms. The van der Waals surface area contributed by atoms with Crippen LogP contribution in [0.15, 0.2) is 243 Å². The maximum Gasteiger partial charge on any atom is 0.343 e. The normalized spacial score (nSPS) is 13.4. The number of rotatable bonds is 15. The van der Waals surface area contributed by atoms with Crippen molar-refractivity contribution in [2.24, 2.45) is 0 Å².